The quantitative estimate of drug-likeness (QED) is 0.414. The van der Waals surface area contributed by atoms with E-state index in [0.29, 0.717) is 13.2 Å². The van der Waals surface area contributed by atoms with Gasteiger partial charge in [0.2, 0.25) is 0 Å². The van der Waals surface area contributed by atoms with E-state index >= 15 is 0 Å². The molecular weight excluding hydrogens is 354 g/mol. The Balaban J connectivity index is 1.64. The molecule has 0 atom stereocenters. The summed E-state index contributed by atoms with van der Waals surface area (Å²) in [6.45, 7) is 8.68. The molecule has 0 aliphatic heterocycles. The summed E-state index contributed by atoms with van der Waals surface area (Å²) in [6.07, 6.45) is 3.62. The fourth-order valence-electron chi connectivity index (χ4n) is 2.80. The maximum Gasteiger partial charge on any atom is 0.160 e. The van der Waals surface area contributed by atoms with Gasteiger partial charge in [-0.3, -0.25) is 0 Å². The van der Waals surface area contributed by atoms with Crippen LogP contribution in [0.15, 0.2) is 49.1 Å². The second kappa shape index (κ2) is 11.9. The minimum absolute atomic E-state index is 0.509. The maximum atomic E-state index is 5.87. The largest absolute Gasteiger partial charge is 0.493 e. The van der Waals surface area contributed by atoms with Gasteiger partial charge >= 0.3 is 0 Å². The molecule has 0 radical (unpaired) electrons. The topological polar surface area (TPSA) is 49.0 Å². The van der Waals surface area contributed by atoms with Crippen LogP contribution in [0.1, 0.15) is 17.5 Å². The minimum atomic E-state index is 0.509. The molecule has 0 spiro atoms. The van der Waals surface area contributed by atoms with Crippen LogP contribution < -0.4 is 24.3 Å². The van der Waals surface area contributed by atoms with E-state index in [1.165, 1.54) is 5.56 Å². The Bertz CT molecular complexity index is 745. The summed E-state index contributed by atoms with van der Waals surface area (Å²) in [6, 6.07) is 11.9. The van der Waals surface area contributed by atoms with Gasteiger partial charge in [-0.05, 0) is 74.3 Å². The number of benzene rings is 2. The van der Waals surface area contributed by atoms with Gasteiger partial charge in [-0.25, -0.2) is 0 Å². The van der Waals surface area contributed by atoms with Crippen molar-refractivity contribution >= 4 is 0 Å². The third-order valence-electron chi connectivity index (χ3n) is 4.31. The number of hydrogen-bond donors (Lipinski definition) is 1. The SMILES string of the molecule is C=CCOc1ccc(OCCCNCCc2ccc(OC)c(OC)c2)c(C)c1. The summed E-state index contributed by atoms with van der Waals surface area (Å²) in [4.78, 5) is 0. The Hall–Kier alpha value is -2.66. The molecule has 1 N–H and O–H groups in total. The van der Waals surface area contributed by atoms with Crippen LogP contribution in [0.4, 0.5) is 0 Å². The Morgan fingerprint density at radius 2 is 1.71 bits per heavy atom. The third-order valence-corrected chi connectivity index (χ3v) is 4.31. The maximum absolute atomic E-state index is 5.87. The minimum Gasteiger partial charge on any atom is -0.493 e. The summed E-state index contributed by atoms with van der Waals surface area (Å²) in [5, 5.41) is 3.45. The zero-order valence-corrected chi connectivity index (χ0v) is 17.1. The highest BCUT2D eigenvalue weighted by atomic mass is 16.5. The number of rotatable bonds is 13. The van der Waals surface area contributed by atoms with Crippen molar-refractivity contribution in [3.8, 4) is 23.0 Å². The fraction of sp³-hybridized carbons (Fsp3) is 0.391. The molecule has 0 saturated carbocycles. The molecule has 2 rings (SSSR count). The number of hydrogen-bond acceptors (Lipinski definition) is 5. The number of aryl methyl sites for hydroxylation is 1. The van der Waals surface area contributed by atoms with Crippen LogP contribution >= 0.6 is 0 Å². The van der Waals surface area contributed by atoms with Gasteiger partial charge < -0.3 is 24.3 Å². The van der Waals surface area contributed by atoms with Crippen LogP contribution in [0.3, 0.4) is 0 Å². The lowest BCUT2D eigenvalue weighted by Crippen LogP contribution is -2.20. The van der Waals surface area contributed by atoms with Crippen molar-refractivity contribution < 1.29 is 18.9 Å². The van der Waals surface area contributed by atoms with Gasteiger partial charge in [0.05, 0.1) is 20.8 Å². The normalized spacial score (nSPS) is 10.4. The first kappa shape index (κ1) is 21.6. The zero-order valence-electron chi connectivity index (χ0n) is 17.1. The molecule has 0 aliphatic carbocycles. The van der Waals surface area contributed by atoms with E-state index in [0.717, 1.165) is 54.5 Å². The van der Waals surface area contributed by atoms with Gasteiger partial charge in [0.1, 0.15) is 18.1 Å². The van der Waals surface area contributed by atoms with E-state index < -0.39 is 0 Å². The highest BCUT2D eigenvalue weighted by Gasteiger charge is 2.05. The van der Waals surface area contributed by atoms with Gasteiger partial charge in [0.15, 0.2) is 11.5 Å². The van der Waals surface area contributed by atoms with Crippen LogP contribution in [0, 0.1) is 6.92 Å². The smallest absolute Gasteiger partial charge is 0.160 e. The van der Waals surface area contributed by atoms with Crippen LogP contribution in [0.2, 0.25) is 0 Å². The predicted octanol–water partition coefficient (Wildman–Crippen LogP) is 4.18. The number of methoxy groups -OCH3 is 2. The summed E-state index contributed by atoms with van der Waals surface area (Å²) in [7, 11) is 3.30. The first-order chi connectivity index (χ1) is 13.7. The zero-order chi connectivity index (χ0) is 20.2. The van der Waals surface area contributed by atoms with Crippen LogP contribution in [0.5, 0.6) is 23.0 Å². The lowest BCUT2D eigenvalue weighted by atomic mass is 10.1. The van der Waals surface area contributed by atoms with Crippen molar-refractivity contribution in [3.63, 3.8) is 0 Å². The molecular formula is C23H31NO4. The molecule has 0 amide bonds. The highest BCUT2D eigenvalue weighted by Crippen LogP contribution is 2.27. The lowest BCUT2D eigenvalue weighted by Gasteiger charge is -2.12. The molecule has 0 aromatic heterocycles. The monoisotopic (exact) mass is 385 g/mol. The molecule has 0 heterocycles. The second-order valence-electron chi connectivity index (χ2n) is 6.42. The molecule has 0 unspecified atom stereocenters. The van der Waals surface area contributed by atoms with E-state index in [4.69, 9.17) is 18.9 Å². The van der Waals surface area contributed by atoms with Gasteiger partial charge in [-0.15, -0.1) is 0 Å². The Morgan fingerprint density at radius 1 is 0.929 bits per heavy atom. The molecule has 0 aliphatic rings. The van der Waals surface area contributed by atoms with Gasteiger partial charge in [0, 0.05) is 0 Å². The van der Waals surface area contributed by atoms with E-state index in [1.54, 1.807) is 20.3 Å². The first-order valence-corrected chi connectivity index (χ1v) is 9.56. The van der Waals surface area contributed by atoms with E-state index in [9.17, 15) is 0 Å². The molecule has 0 bridgehead atoms. The number of nitrogens with one attached hydrogen (secondary N) is 1. The first-order valence-electron chi connectivity index (χ1n) is 9.56. The average molecular weight is 386 g/mol. The summed E-state index contributed by atoms with van der Waals surface area (Å²) < 4.78 is 22.0. The second-order valence-corrected chi connectivity index (χ2v) is 6.42. The lowest BCUT2D eigenvalue weighted by molar-refractivity contribution is 0.305. The van der Waals surface area contributed by atoms with Gasteiger partial charge in [0.25, 0.3) is 0 Å². The van der Waals surface area contributed by atoms with Crippen molar-refractivity contribution in [3.05, 3.63) is 60.2 Å². The standard InChI is InChI=1S/C23H31NO4/c1-5-14-27-20-8-10-21(18(2)16-20)28-15-6-12-24-13-11-19-7-9-22(25-3)23(17-19)26-4/h5,7-10,16-17,24H,1,6,11-15H2,2-4H3. The van der Waals surface area contributed by atoms with Gasteiger partial charge in [-0.2, -0.15) is 0 Å². The number of ether oxygens (including phenoxy) is 4. The molecule has 2 aromatic rings. The van der Waals surface area contributed by atoms with Crippen molar-refractivity contribution in [2.24, 2.45) is 0 Å². The van der Waals surface area contributed by atoms with Crippen LogP contribution in [0.25, 0.3) is 0 Å². The Labute approximate surface area is 168 Å². The van der Waals surface area contributed by atoms with Crippen LogP contribution in [-0.4, -0.2) is 40.5 Å². The van der Waals surface area contributed by atoms with Gasteiger partial charge in [-0.1, -0.05) is 18.7 Å². The molecule has 2 aromatic carbocycles. The Morgan fingerprint density at radius 3 is 2.43 bits per heavy atom. The summed E-state index contributed by atoms with van der Waals surface area (Å²) >= 11 is 0. The molecule has 0 saturated heterocycles. The van der Waals surface area contributed by atoms with Crippen molar-refractivity contribution in [2.75, 3.05) is 40.5 Å². The van der Waals surface area contributed by atoms with Crippen molar-refractivity contribution in [1.82, 2.24) is 5.32 Å². The van der Waals surface area contributed by atoms with E-state index in [1.807, 2.05) is 37.3 Å². The highest BCUT2D eigenvalue weighted by molar-refractivity contribution is 5.43. The fourth-order valence-corrected chi connectivity index (χ4v) is 2.80. The summed E-state index contributed by atoms with van der Waals surface area (Å²) in [5.74, 6) is 3.26. The molecule has 0 fully saturated rings. The van der Waals surface area contributed by atoms with Crippen molar-refractivity contribution in [2.45, 2.75) is 19.8 Å². The van der Waals surface area contributed by atoms with Crippen LogP contribution in [-0.2, 0) is 6.42 Å². The molecule has 5 nitrogen and oxygen atoms in total. The average Bonchev–Trinajstić information content (AvgIpc) is 2.72. The summed E-state index contributed by atoms with van der Waals surface area (Å²) in [5.41, 5.74) is 2.29. The molecule has 28 heavy (non-hydrogen) atoms. The molecule has 152 valence electrons. The predicted molar refractivity (Wildman–Crippen MR) is 113 cm³/mol. The molecule has 5 heteroatoms. The Kier molecular flexibility index (Phi) is 9.22. The van der Waals surface area contributed by atoms with E-state index in [2.05, 4.69) is 18.0 Å². The van der Waals surface area contributed by atoms with E-state index in [-0.39, 0.29) is 0 Å². The third kappa shape index (κ3) is 6.82. The van der Waals surface area contributed by atoms with Crippen molar-refractivity contribution in [1.29, 1.82) is 0 Å².